The molecule has 0 unspecified atom stereocenters. The smallest absolute Gasteiger partial charge is 0.257 e. The van der Waals surface area contributed by atoms with Crippen LogP contribution in [0.2, 0.25) is 0 Å². The Morgan fingerprint density at radius 3 is 2.68 bits per heavy atom. The molecule has 2 aliphatic rings. The third kappa shape index (κ3) is 2.42. The minimum absolute atomic E-state index is 0.0276. The zero-order valence-corrected chi connectivity index (χ0v) is 13.6. The molecule has 2 saturated heterocycles. The van der Waals surface area contributed by atoms with Crippen molar-refractivity contribution in [2.45, 2.75) is 51.5 Å². The topological polar surface area (TPSA) is 53.8 Å². The maximum absolute atomic E-state index is 12.8. The van der Waals surface area contributed by atoms with E-state index in [1.165, 1.54) is 0 Å². The molecule has 0 radical (unpaired) electrons. The molecule has 0 N–H and O–H groups in total. The number of amides is 2. The van der Waals surface area contributed by atoms with Crippen molar-refractivity contribution in [2.75, 3.05) is 20.1 Å². The van der Waals surface area contributed by atoms with Crippen LogP contribution in [0.4, 0.5) is 0 Å². The SMILES string of the molecule is Cc1cc(C(=O)N2CCC[C@@]3(CCCC(=O)N3C)C2)c(C)o1. The van der Waals surface area contributed by atoms with Crippen LogP contribution in [0.1, 0.15) is 54.0 Å². The van der Waals surface area contributed by atoms with E-state index in [2.05, 4.69) is 0 Å². The predicted octanol–water partition coefficient (Wildman–Crippen LogP) is 2.51. The molecule has 3 rings (SSSR count). The normalized spacial score (nSPS) is 25.9. The summed E-state index contributed by atoms with van der Waals surface area (Å²) in [4.78, 5) is 28.7. The number of piperidine rings is 2. The van der Waals surface area contributed by atoms with Crippen molar-refractivity contribution in [3.63, 3.8) is 0 Å². The fourth-order valence-electron chi connectivity index (χ4n) is 3.95. The third-order valence-corrected chi connectivity index (χ3v) is 5.23. The fraction of sp³-hybridized carbons (Fsp3) is 0.647. The molecule has 3 heterocycles. The Labute approximate surface area is 131 Å². The van der Waals surface area contributed by atoms with Crippen LogP contribution in [0.3, 0.4) is 0 Å². The lowest BCUT2D eigenvalue weighted by atomic mass is 9.80. The van der Waals surface area contributed by atoms with Crippen molar-refractivity contribution in [2.24, 2.45) is 0 Å². The number of hydrogen-bond acceptors (Lipinski definition) is 3. The minimum atomic E-state index is -0.171. The van der Waals surface area contributed by atoms with Crippen molar-refractivity contribution in [3.05, 3.63) is 23.2 Å². The van der Waals surface area contributed by atoms with E-state index in [0.29, 0.717) is 24.3 Å². The molecule has 1 atom stereocenters. The lowest BCUT2D eigenvalue weighted by Gasteiger charge is -2.50. The standard InChI is InChI=1S/C17H24N2O3/c1-12-10-14(13(2)22-12)16(21)19-9-5-8-17(11-19)7-4-6-15(20)18(17)3/h10H,4-9,11H2,1-3H3/t17-/m0/s1. The van der Waals surface area contributed by atoms with Gasteiger partial charge in [0.05, 0.1) is 11.1 Å². The van der Waals surface area contributed by atoms with Crippen molar-refractivity contribution < 1.29 is 14.0 Å². The van der Waals surface area contributed by atoms with E-state index in [4.69, 9.17) is 4.42 Å². The Morgan fingerprint density at radius 1 is 1.27 bits per heavy atom. The maximum atomic E-state index is 12.8. The Balaban J connectivity index is 1.82. The van der Waals surface area contributed by atoms with Gasteiger partial charge in [-0.05, 0) is 45.6 Å². The average molecular weight is 304 g/mol. The molecule has 0 aliphatic carbocycles. The fourth-order valence-corrected chi connectivity index (χ4v) is 3.95. The summed E-state index contributed by atoms with van der Waals surface area (Å²) < 4.78 is 5.49. The molecule has 2 amide bonds. The number of likely N-dealkylation sites (N-methyl/N-ethyl adjacent to an activating group) is 1. The van der Waals surface area contributed by atoms with E-state index < -0.39 is 0 Å². The lowest BCUT2D eigenvalue weighted by molar-refractivity contribution is -0.142. The minimum Gasteiger partial charge on any atom is -0.466 e. The van der Waals surface area contributed by atoms with Gasteiger partial charge in [-0.25, -0.2) is 0 Å². The summed E-state index contributed by atoms with van der Waals surface area (Å²) in [5.41, 5.74) is 0.481. The van der Waals surface area contributed by atoms with Gasteiger partial charge in [-0.3, -0.25) is 9.59 Å². The second kappa shape index (κ2) is 5.45. The zero-order chi connectivity index (χ0) is 15.9. The molecule has 120 valence electrons. The molecule has 1 aromatic rings. The van der Waals surface area contributed by atoms with E-state index in [1.54, 1.807) is 0 Å². The molecule has 2 fully saturated rings. The largest absolute Gasteiger partial charge is 0.466 e. The summed E-state index contributed by atoms with van der Waals surface area (Å²) in [7, 11) is 1.89. The molecule has 0 bridgehead atoms. The Morgan fingerprint density at radius 2 is 2.00 bits per heavy atom. The highest BCUT2D eigenvalue weighted by Crippen LogP contribution is 2.36. The summed E-state index contributed by atoms with van der Waals surface area (Å²) in [6, 6.07) is 1.81. The number of nitrogens with zero attached hydrogens (tertiary/aromatic N) is 2. The van der Waals surface area contributed by atoms with Crippen LogP contribution >= 0.6 is 0 Å². The van der Waals surface area contributed by atoms with E-state index in [-0.39, 0.29) is 17.4 Å². The predicted molar refractivity (Wildman–Crippen MR) is 82.7 cm³/mol. The lowest BCUT2D eigenvalue weighted by Crippen LogP contribution is -2.61. The molecular weight excluding hydrogens is 280 g/mol. The number of rotatable bonds is 1. The van der Waals surface area contributed by atoms with Crippen LogP contribution in [-0.2, 0) is 4.79 Å². The first-order valence-corrected chi connectivity index (χ1v) is 8.06. The molecular formula is C17H24N2O3. The van der Waals surface area contributed by atoms with Gasteiger partial charge < -0.3 is 14.2 Å². The van der Waals surface area contributed by atoms with Gasteiger partial charge >= 0.3 is 0 Å². The van der Waals surface area contributed by atoms with Crippen molar-refractivity contribution in [1.29, 1.82) is 0 Å². The van der Waals surface area contributed by atoms with Crippen molar-refractivity contribution in [3.8, 4) is 0 Å². The third-order valence-electron chi connectivity index (χ3n) is 5.23. The summed E-state index contributed by atoms with van der Waals surface area (Å²) >= 11 is 0. The Bertz CT molecular complexity index is 603. The molecule has 22 heavy (non-hydrogen) atoms. The summed E-state index contributed by atoms with van der Waals surface area (Å²) in [5.74, 6) is 1.67. The highest BCUT2D eigenvalue weighted by molar-refractivity contribution is 5.95. The molecule has 5 nitrogen and oxygen atoms in total. The van der Waals surface area contributed by atoms with Crippen LogP contribution in [0.5, 0.6) is 0 Å². The molecule has 0 saturated carbocycles. The van der Waals surface area contributed by atoms with Crippen LogP contribution in [0.25, 0.3) is 0 Å². The van der Waals surface area contributed by atoms with Gasteiger partial charge in [0.15, 0.2) is 0 Å². The van der Waals surface area contributed by atoms with Gasteiger partial charge in [0.1, 0.15) is 11.5 Å². The molecule has 1 spiro atoms. The summed E-state index contributed by atoms with van der Waals surface area (Å²) in [5, 5.41) is 0. The monoisotopic (exact) mass is 304 g/mol. The van der Waals surface area contributed by atoms with Crippen LogP contribution in [-0.4, -0.2) is 47.3 Å². The second-order valence-corrected chi connectivity index (χ2v) is 6.69. The Kier molecular flexibility index (Phi) is 3.75. The number of carbonyl (C=O) groups excluding carboxylic acids is 2. The van der Waals surface area contributed by atoms with Crippen LogP contribution < -0.4 is 0 Å². The van der Waals surface area contributed by atoms with E-state index in [1.807, 2.05) is 36.8 Å². The van der Waals surface area contributed by atoms with Gasteiger partial charge in [0.2, 0.25) is 5.91 Å². The number of aryl methyl sites for hydroxylation is 2. The summed E-state index contributed by atoms with van der Waals surface area (Å²) in [6.07, 6.45) is 4.48. The molecule has 1 aromatic heterocycles. The van der Waals surface area contributed by atoms with Crippen molar-refractivity contribution >= 4 is 11.8 Å². The van der Waals surface area contributed by atoms with Gasteiger partial charge in [-0.2, -0.15) is 0 Å². The van der Waals surface area contributed by atoms with E-state index in [9.17, 15) is 9.59 Å². The first-order chi connectivity index (χ1) is 10.4. The van der Waals surface area contributed by atoms with Crippen LogP contribution in [0.15, 0.2) is 10.5 Å². The van der Waals surface area contributed by atoms with Gasteiger partial charge in [-0.1, -0.05) is 0 Å². The van der Waals surface area contributed by atoms with Crippen molar-refractivity contribution in [1.82, 2.24) is 9.80 Å². The molecule has 0 aromatic carbocycles. The number of carbonyl (C=O) groups is 2. The van der Waals surface area contributed by atoms with Gasteiger partial charge in [0, 0.05) is 26.6 Å². The number of likely N-dealkylation sites (tertiary alicyclic amines) is 2. The van der Waals surface area contributed by atoms with Gasteiger partial charge in [-0.15, -0.1) is 0 Å². The number of furan rings is 1. The summed E-state index contributed by atoms with van der Waals surface area (Å²) in [6.45, 7) is 5.08. The highest BCUT2D eigenvalue weighted by Gasteiger charge is 2.44. The molecule has 5 heteroatoms. The maximum Gasteiger partial charge on any atom is 0.257 e. The zero-order valence-electron chi connectivity index (χ0n) is 13.6. The molecule has 2 aliphatic heterocycles. The second-order valence-electron chi connectivity index (χ2n) is 6.69. The Hall–Kier alpha value is -1.78. The van der Waals surface area contributed by atoms with E-state index >= 15 is 0 Å². The van der Waals surface area contributed by atoms with Gasteiger partial charge in [0.25, 0.3) is 5.91 Å². The quantitative estimate of drug-likeness (QED) is 0.801. The first kappa shape index (κ1) is 15.1. The first-order valence-electron chi connectivity index (χ1n) is 8.06. The average Bonchev–Trinajstić information content (AvgIpc) is 2.83. The highest BCUT2D eigenvalue weighted by atomic mass is 16.3. The van der Waals surface area contributed by atoms with E-state index in [0.717, 1.165) is 38.0 Å². The van der Waals surface area contributed by atoms with Crippen LogP contribution in [0, 0.1) is 13.8 Å². The number of hydrogen-bond donors (Lipinski definition) is 0.